The summed E-state index contributed by atoms with van der Waals surface area (Å²) in [6.45, 7) is 11.3. The number of nitrogens with one attached hydrogen (secondary N) is 1. The fraction of sp³-hybridized carbons (Fsp3) is 0.667. The number of likely N-dealkylation sites (N-methyl/N-ethyl adjacent to an activating group) is 1. The van der Waals surface area contributed by atoms with Crippen LogP contribution < -0.4 is 11.3 Å². The van der Waals surface area contributed by atoms with Crippen LogP contribution in [0.3, 0.4) is 0 Å². The third-order valence-electron chi connectivity index (χ3n) is 4.26. The summed E-state index contributed by atoms with van der Waals surface area (Å²) >= 11 is 0. The third-order valence-corrected chi connectivity index (χ3v) is 4.26. The van der Waals surface area contributed by atoms with E-state index in [0.717, 1.165) is 44.0 Å². The van der Waals surface area contributed by atoms with Crippen molar-refractivity contribution in [2.24, 2.45) is 5.84 Å². The van der Waals surface area contributed by atoms with E-state index in [4.69, 9.17) is 10.3 Å². The first-order valence-electron chi connectivity index (χ1n) is 7.65. The Bertz CT molecular complexity index is 482. The highest BCUT2D eigenvalue weighted by molar-refractivity contribution is 5.92. The molecule has 2 rings (SSSR count). The van der Waals surface area contributed by atoms with Gasteiger partial charge in [-0.15, -0.1) is 0 Å². The van der Waals surface area contributed by atoms with Crippen molar-refractivity contribution in [2.45, 2.75) is 39.8 Å². The molecule has 1 amide bonds. The van der Waals surface area contributed by atoms with Gasteiger partial charge in [0.15, 0.2) is 5.76 Å². The molecular formula is C15H26N4O2. The molecule has 1 unspecified atom stereocenters. The summed E-state index contributed by atoms with van der Waals surface area (Å²) in [5.74, 6) is 5.92. The zero-order chi connectivity index (χ0) is 15.4. The summed E-state index contributed by atoms with van der Waals surface area (Å²) in [5.41, 5.74) is 2.94. The molecule has 6 heteroatoms. The maximum Gasteiger partial charge on any atom is 0.301 e. The Hall–Kier alpha value is -1.37. The molecule has 1 aliphatic rings. The van der Waals surface area contributed by atoms with E-state index in [2.05, 4.69) is 29.1 Å². The Labute approximate surface area is 126 Å². The third kappa shape index (κ3) is 3.64. The molecule has 6 nitrogen and oxygen atoms in total. The van der Waals surface area contributed by atoms with E-state index < -0.39 is 0 Å². The minimum atomic E-state index is -0.374. The number of hydrazine groups is 1. The number of aryl methyl sites for hydroxylation is 1. The van der Waals surface area contributed by atoms with Gasteiger partial charge in [-0.1, -0.05) is 13.8 Å². The summed E-state index contributed by atoms with van der Waals surface area (Å²) < 4.78 is 5.63. The Morgan fingerprint density at radius 2 is 2.24 bits per heavy atom. The van der Waals surface area contributed by atoms with Crippen molar-refractivity contribution in [3.8, 4) is 0 Å². The van der Waals surface area contributed by atoms with Crippen LogP contribution >= 0.6 is 0 Å². The molecular weight excluding hydrogens is 268 g/mol. The molecule has 2 heterocycles. The maximum absolute atomic E-state index is 11.6. The fourth-order valence-electron chi connectivity index (χ4n) is 3.13. The van der Waals surface area contributed by atoms with Crippen LogP contribution in [-0.2, 0) is 6.54 Å². The molecule has 0 aromatic carbocycles. The lowest BCUT2D eigenvalue weighted by atomic mass is 10.2. The quantitative estimate of drug-likeness (QED) is 0.467. The normalized spacial score (nSPS) is 19.4. The fourth-order valence-corrected chi connectivity index (χ4v) is 3.13. The number of hydrogen-bond acceptors (Lipinski definition) is 5. The van der Waals surface area contributed by atoms with Gasteiger partial charge >= 0.3 is 5.91 Å². The Morgan fingerprint density at radius 3 is 2.86 bits per heavy atom. The summed E-state index contributed by atoms with van der Waals surface area (Å²) in [6.07, 6.45) is 1.19. The van der Waals surface area contributed by atoms with E-state index in [9.17, 15) is 4.79 Å². The maximum atomic E-state index is 11.6. The highest BCUT2D eigenvalue weighted by Crippen LogP contribution is 2.21. The van der Waals surface area contributed by atoms with Crippen molar-refractivity contribution in [3.63, 3.8) is 0 Å². The van der Waals surface area contributed by atoms with Crippen LogP contribution in [0.25, 0.3) is 0 Å². The van der Waals surface area contributed by atoms with Crippen LogP contribution in [-0.4, -0.2) is 47.9 Å². The molecule has 1 saturated heterocycles. The molecule has 1 atom stereocenters. The number of furan rings is 1. The average molecular weight is 294 g/mol. The number of nitrogens with two attached hydrogens (primary N) is 1. The van der Waals surface area contributed by atoms with Crippen LogP contribution in [0.1, 0.15) is 42.1 Å². The Kier molecular flexibility index (Phi) is 5.39. The standard InChI is InChI=1S/C15H26N4O2/c1-4-19(5-2)12-6-7-18(9-12)10-13-8-11(3)14(21-13)15(20)17-16/h8,12H,4-7,9-10,16H2,1-3H3,(H,17,20). The second-order valence-electron chi connectivity index (χ2n) is 5.60. The van der Waals surface area contributed by atoms with Gasteiger partial charge in [0.1, 0.15) is 5.76 Å². The van der Waals surface area contributed by atoms with E-state index in [1.165, 1.54) is 6.42 Å². The summed E-state index contributed by atoms with van der Waals surface area (Å²) in [6, 6.07) is 2.55. The molecule has 1 fully saturated rings. The summed E-state index contributed by atoms with van der Waals surface area (Å²) in [7, 11) is 0. The number of rotatable bonds is 6. The number of hydrogen-bond donors (Lipinski definition) is 2. The van der Waals surface area contributed by atoms with Crippen molar-refractivity contribution >= 4 is 5.91 Å². The van der Waals surface area contributed by atoms with Gasteiger partial charge < -0.3 is 4.42 Å². The second kappa shape index (κ2) is 7.06. The predicted molar refractivity (Wildman–Crippen MR) is 81.7 cm³/mol. The number of amides is 1. The van der Waals surface area contributed by atoms with E-state index in [1.807, 2.05) is 13.0 Å². The van der Waals surface area contributed by atoms with Crippen LogP contribution in [0.15, 0.2) is 10.5 Å². The average Bonchev–Trinajstić information content (AvgIpc) is 3.07. The lowest BCUT2D eigenvalue weighted by Gasteiger charge is -2.26. The lowest BCUT2D eigenvalue weighted by molar-refractivity contribution is 0.0921. The SMILES string of the molecule is CCN(CC)C1CCN(Cc2cc(C)c(C(=O)NN)o2)C1. The molecule has 0 spiro atoms. The van der Waals surface area contributed by atoms with E-state index in [0.29, 0.717) is 11.8 Å². The van der Waals surface area contributed by atoms with Gasteiger partial charge in [-0.05, 0) is 32.5 Å². The molecule has 0 bridgehead atoms. The Morgan fingerprint density at radius 1 is 1.52 bits per heavy atom. The minimum absolute atomic E-state index is 0.312. The predicted octanol–water partition coefficient (Wildman–Crippen LogP) is 1.11. The van der Waals surface area contributed by atoms with Gasteiger partial charge in [0.25, 0.3) is 0 Å². The van der Waals surface area contributed by atoms with Crippen molar-refractivity contribution in [2.75, 3.05) is 26.2 Å². The van der Waals surface area contributed by atoms with Crippen molar-refractivity contribution < 1.29 is 9.21 Å². The van der Waals surface area contributed by atoms with E-state index in [-0.39, 0.29) is 5.91 Å². The van der Waals surface area contributed by atoms with Gasteiger partial charge in [0.05, 0.1) is 6.54 Å². The van der Waals surface area contributed by atoms with Gasteiger partial charge in [-0.25, -0.2) is 5.84 Å². The van der Waals surface area contributed by atoms with E-state index >= 15 is 0 Å². The number of nitrogens with zero attached hydrogens (tertiary/aromatic N) is 2. The van der Waals surface area contributed by atoms with Crippen LogP contribution in [0, 0.1) is 6.92 Å². The highest BCUT2D eigenvalue weighted by atomic mass is 16.4. The van der Waals surface area contributed by atoms with Gasteiger partial charge in [-0.3, -0.25) is 20.0 Å². The minimum Gasteiger partial charge on any atom is -0.454 e. The topological polar surface area (TPSA) is 74.7 Å². The number of likely N-dealkylation sites (tertiary alicyclic amines) is 1. The van der Waals surface area contributed by atoms with Crippen molar-refractivity contribution in [1.82, 2.24) is 15.2 Å². The first-order chi connectivity index (χ1) is 10.1. The molecule has 0 aliphatic carbocycles. The first kappa shape index (κ1) is 16.0. The number of carbonyl (C=O) groups excluding carboxylic acids is 1. The smallest absolute Gasteiger partial charge is 0.301 e. The largest absolute Gasteiger partial charge is 0.454 e. The van der Waals surface area contributed by atoms with Gasteiger partial charge in [0, 0.05) is 24.7 Å². The zero-order valence-corrected chi connectivity index (χ0v) is 13.2. The van der Waals surface area contributed by atoms with Crippen molar-refractivity contribution in [3.05, 3.63) is 23.2 Å². The molecule has 1 aromatic heterocycles. The van der Waals surface area contributed by atoms with Gasteiger partial charge in [0.2, 0.25) is 0 Å². The Balaban J connectivity index is 1.96. The molecule has 0 saturated carbocycles. The summed E-state index contributed by atoms with van der Waals surface area (Å²) in [4.78, 5) is 16.4. The molecule has 21 heavy (non-hydrogen) atoms. The van der Waals surface area contributed by atoms with Crippen LogP contribution in [0.5, 0.6) is 0 Å². The second-order valence-corrected chi connectivity index (χ2v) is 5.60. The number of nitrogen functional groups attached to an aromatic ring is 1. The highest BCUT2D eigenvalue weighted by Gasteiger charge is 2.27. The molecule has 0 radical (unpaired) electrons. The van der Waals surface area contributed by atoms with Crippen LogP contribution in [0.4, 0.5) is 0 Å². The number of carbonyl (C=O) groups is 1. The zero-order valence-electron chi connectivity index (χ0n) is 13.2. The molecule has 118 valence electrons. The molecule has 1 aliphatic heterocycles. The monoisotopic (exact) mass is 294 g/mol. The van der Waals surface area contributed by atoms with E-state index in [1.54, 1.807) is 0 Å². The van der Waals surface area contributed by atoms with Crippen molar-refractivity contribution in [1.29, 1.82) is 0 Å². The lowest BCUT2D eigenvalue weighted by Crippen LogP contribution is -2.37. The molecule has 3 N–H and O–H groups in total. The van der Waals surface area contributed by atoms with Crippen LogP contribution in [0.2, 0.25) is 0 Å². The summed E-state index contributed by atoms with van der Waals surface area (Å²) in [5, 5.41) is 0. The first-order valence-corrected chi connectivity index (χ1v) is 7.65. The molecule has 1 aromatic rings. The van der Waals surface area contributed by atoms with Gasteiger partial charge in [-0.2, -0.15) is 0 Å².